The zero-order valence-corrected chi connectivity index (χ0v) is 15.1. The highest BCUT2D eigenvalue weighted by molar-refractivity contribution is 7.88. The van der Waals surface area contributed by atoms with Gasteiger partial charge in [-0.3, -0.25) is 0 Å². The zero-order chi connectivity index (χ0) is 15.8. The van der Waals surface area contributed by atoms with E-state index in [1.54, 1.807) is 0 Å². The summed E-state index contributed by atoms with van der Waals surface area (Å²) >= 11 is 0. The summed E-state index contributed by atoms with van der Waals surface area (Å²) in [5.41, 5.74) is 0. The Morgan fingerprint density at radius 2 is 0.952 bits per heavy atom. The molecule has 3 nitrogen and oxygen atoms in total. The van der Waals surface area contributed by atoms with E-state index in [2.05, 4.69) is 11.6 Å². The van der Waals surface area contributed by atoms with E-state index in [1.807, 2.05) is 0 Å². The van der Waals surface area contributed by atoms with Gasteiger partial charge < -0.3 is 0 Å². The summed E-state index contributed by atoms with van der Waals surface area (Å²) in [6.07, 6.45) is 19.8. The molecular weight excluding hydrogens is 282 g/mol. The molecule has 4 heteroatoms. The number of sulfonamides is 1. The molecule has 0 saturated heterocycles. The van der Waals surface area contributed by atoms with Crippen LogP contribution in [0.15, 0.2) is 0 Å². The van der Waals surface area contributed by atoms with Crippen LogP contribution in [-0.4, -0.2) is 21.2 Å². The number of hydrogen-bond acceptors (Lipinski definition) is 2. The molecule has 0 heterocycles. The Hall–Kier alpha value is -0.0900. The van der Waals surface area contributed by atoms with E-state index in [1.165, 1.54) is 83.3 Å². The van der Waals surface area contributed by atoms with Gasteiger partial charge in [-0.25, -0.2) is 13.1 Å². The van der Waals surface area contributed by atoms with Gasteiger partial charge in [-0.1, -0.05) is 90.4 Å². The highest BCUT2D eigenvalue weighted by Gasteiger charge is 1.98. The second-order valence-corrected chi connectivity index (χ2v) is 8.10. The summed E-state index contributed by atoms with van der Waals surface area (Å²) in [6, 6.07) is 0. The third-order valence-corrected chi connectivity index (χ3v) is 4.62. The van der Waals surface area contributed by atoms with Crippen LogP contribution in [0.1, 0.15) is 96.8 Å². The molecule has 21 heavy (non-hydrogen) atoms. The lowest BCUT2D eigenvalue weighted by molar-refractivity contribution is 0.533. The Bertz CT molecular complexity index is 302. The van der Waals surface area contributed by atoms with Gasteiger partial charge in [0.1, 0.15) is 0 Å². The molecule has 0 unspecified atom stereocenters. The van der Waals surface area contributed by atoms with Crippen molar-refractivity contribution in [2.75, 3.05) is 12.8 Å². The van der Waals surface area contributed by atoms with Crippen molar-refractivity contribution in [2.45, 2.75) is 96.8 Å². The van der Waals surface area contributed by atoms with E-state index in [9.17, 15) is 8.42 Å². The maximum Gasteiger partial charge on any atom is 0.208 e. The molecule has 0 atom stereocenters. The highest BCUT2D eigenvalue weighted by atomic mass is 32.2. The van der Waals surface area contributed by atoms with Crippen LogP contribution in [0.25, 0.3) is 0 Å². The smallest absolute Gasteiger partial charge is 0.208 e. The summed E-state index contributed by atoms with van der Waals surface area (Å²) < 4.78 is 24.2. The van der Waals surface area contributed by atoms with Gasteiger partial charge in [-0.05, 0) is 6.42 Å². The first-order valence-electron chi connectivity index (χ1n) is 9.01. The zero-order valence-electron chi connectivity index (χ0n) is 14.3. The van der Waals surface area contributed by atoms with Gasteiger partial charge in [0.25, 0.3) is 0 Å². The van der Waals surface area contributed by atoms with Crippen molar-refractivity contribution in [3.8, 4) is 0 Å². The molecule has 0 aliphatic rings. The Kier molecular flexibility index (Phi) is 14.8. The maximum absolute atomic E-state index is 10.9. The first-order valence-corrected chi connectivity index (χ1v) is 10.9. The molecule has 0 aliphatic carbocycles. The van der Waals surface area contributed by atoms with E-state index >= 15 is 0 Å². The Morgan fingerprint density at radius 3 is 1.29 bits per heavy atom. The van der Waals surface area contributed by atoms with E-state index in [-0.39, 0.29) is 0 Å². The van der Waals surface area contributed by atoms with Crippen LogP contribution in [0, 0.1) is 0 Å². The molecule has 0 bridgehead atoms. The van der Waals surface area contributed by atoms with Crippen LogP contribution in [0.4, 0.5) is 0 Å². The molecular formula is C17H37NO2S. The lowest BCUT2D eigenvalue weighted by atomic mass is 10.0. The van der Waals surface area contributed by atoms with Gasteiger partial charge in [0, 0.05) is 6.54 Å². The van der Waals surface area contributed by atoms with Crippen molar-refractivity contribution in [3.05, 3.63) is 0 Å². The number of unbranched alkanes of at least 4 members (excludes halogenated alkanes) is 13. The molecule has 0 aromatic heterocycles. The van der Waals surface area contributed by atoms with Crippen molar-refractivity contribution in [1.82, 2.24) is 4.72 Å². The summed E-state index contributed by atoms with van der Waals surface area (Å²) in [7, 11) is -2.99. The lowest BCUT2D eigenvalue weighted by Crippen LogP contribution is -2.22. The second-order valence-electron chi connectivity index (χ2n) is 6.26. The molecule has 0 rings (SSSR count). The minimum Gasteiger partial charge on any atom is -0.215 e. The quantitative estimate of drug-likeness (QED) is 0.406. The first-order chi connectivity index (χ1) is 10.1. The average Bonchev–Trinajstić information content (AvgIpc) is 2.42. The van der Waals surface area contributed by atoms with Crippen LogP contribution in [-0.2, 0) is 10.0 Å². The summed E-state index contributed by atoms with van der Waals surface area (Å²) in [5, 5.41) is 0. The SMILES string of the molecule is CCCCCCCCCCCCCCCCNS(C)(=O)=O. The Labute approximate surface area is 133 Å². The number of nitrogens with one attached hydrogen (secondary N) is 1. The second kappa shape index (κ2) is 14.8. The van der Waals surface area contributed by atoms with Crippen LogP contribution in [0.5, 0.6) is 0 Å². The van der Waals surface area contributed by atoms with Crippen molar-refractivity contribution in [3.63, 3.8) is 0 Å². The fraction of sp³-hybridized carbons (Fsp3) is 1.00. The van der Waals surface area contributed by atoms with Crippen LogP contribution in [0.2, 0.25) is 0 Å². The average molecular weight is 320 g/mol. The van der Waals surface area contributed by atoms with Gasteiger partial charge in [0.2, 0.25) is 10.0 Å². The van der Waals surface area contributed by atoms with Crippen molar-refractivity contribution in [1.29, 1.82) is 0 Å². The maximum atomic E-state index is 10.9. The molecule has 0 aromatic carbocycles. The summed E-state index contributed by atoms with van der Waals surface area (Å²) in [5.74, 6) is 0. The van der Waals surface area contributed by atoms with Gasteiger partial charge in [-0.15, -0.1) is 0 Å². The van der Waals surface area contributed by atoms with E-state index in [4.69, 9.17) is 0 Å². The van der Waals surface area contributed by atoms with E-state index < -0.39 is 10.0 Å². The Balaban J connectivity index is 3.03. The third-order valence-electron chi connectivity index (χ3n) is 3.89. The Morgan fingerprint density at radius 1 is 0.619 bits per heavy atom. The molecule has 0 aliphatic heterocycles. The summed E-state index contributed by atoms with van der Waals surface area (Å²) in [4.78, 5) is 0. The number of hydrogen-bond donors (Lipinski definition) is 1. The van der Waals surface area contributed by atoms with Crippen LogP contribution >= 0.6 is 0 Å². The van der Waals surface area contributed by atoms with Gasteiger partial charge >= 0.3 is 0 Å². The first kappa shape index (κ1) is 20.9. The fourth-order valence-electron chi connectivity index (χ4n) is 2.58. The minimum absolute atomic E-state index is 0.594. The molecule has 0 saturated carbocycles. The lowest BCUT2D eigenvalue weighted by Gasteiger charge is -2.04. The van der Waals surface area contributed by atoms with E-state index in [0.717, 1.165) is 12.8 Å². The van der Waals surface area contributed by atoms with Crippen molar-refractivity contribution >= 4 is 10.0 Å². The van der Waals surface area contributed by atoms with Crippen molar-refractivity contribution in [2.24, 2.45) is 0 Å². The molecule has 0 radical (unpaired) electrons. The van der Waals surface area contributed by atoms with Crippen LogP contribution in [0.3, 0.4) is 0 Å². The van der Waals surface area contributed by atoms with Crippen LogP contribution < -0.4 is 4.72 Å². The minimum atomic E-state index is -2.99. The predicted octanol–water partition coefficient (Wildman–Crippen LogP) is 5.02. The van der Waals surface area contributed by atoms with Crippen molar-refractivity contribution < 1.29 is 8.42 Å². The molecule has 0 amide bonds. The number of rotatable bonds is 16. The molecule has 128 valence electrons. The molecule has 0 spiro atoms. The standard InChI is InChI=1S/C17H37NO2S/c1-3-4-5-6-7-8-9-10-11-12-13-14-15-16-17-18-21(2,19)20/h18H,3-17H2,1-2H3. The topological polar surface area (TPSA) is 46.2 Å². The molecule has 0 aromatic rings. The van der Waals surface area contributed by atoms with Gasteiger partial charge in [-0.2, -0.15) is 0 Å². The summed E-state index contributed by atoms with van der Waals surface area (Å²) in [6.45, 7) is 2.86. The van der Waals surface area contributed by atoms with Gasteiger partial charge in [0.05, 0.1) is 6.26 Å². The fourth-order valence-corrected chi connectivity index (χ4v) is 3.09. The van der Waals surface area contributed by atoms with E-state index in [0.29, 0.717) is 6.54 Å². The molecule has 1 N–H and O–H groups in total. The van der Waals surface area contributed by atoms with Gasteiger partial charge in [0.15, 0.2) is 0 Å². The third kappa shape index (κ3) is 19.9. The largest absolute Gasteiger partial charge is 0.215 e. The monoisotopic (exact) mass is 319 g/mol. The predicted molar refractivity (Wildman–Crippen MR) is 93.2 cm³/mol. The highest BCUT2D eigenvalue weighted by Crippen LogP contribution is 2.12. The molecule has 0 fully saturated rings. The normalized spacial score (nSPS) is 11.9.